The molecular weight excluding hydrogens is 254 g/mol. The van der Waals surface area contributed by atoms with E-state index in [1.165, 1.54) is 0 Å². The molecule has 1 aliphatic rings. The van der Waals surface area contributed by atoms with E-state index in [0.717, 1.165) is 17.8 Å². The Kier molecular flexibility index (Phi) is 3.20. The Hall–Kier alpha value is -2.63. The van der Waals surface area contributed by atoms with Crippen LogP contribution in [0.15, 0.2) is 36.7 Å². The molecule has 0 saturated heterocycles. The Morgan fingerprint density at radius 2 is 2.15 bits per heavy atom. The zero-order valence-corrected chi connectivity index (χ0v) is 10.9. The van der Waals surface area contributed by atoms with Crippen LogP contribution in [0.1, 0.15) is 21.7 Å². The van der Waals surface area contributed by atoms with Crippen molar-refractivity contribution in [1.29, 1.82) is 5.41 Å². The molecule has 0 fully saturated rings. The molecule has 0 atom stereocenters. The lowest BCUT2D eigenvalue weighted by molar-refractivity contribution is 0.0971. The van der Waals surface area contributed by atoms with Crippen LogP contribution in [0.5, 0.6) is 0 Å². The van der Waals surface area contributed by atoms with Gasteiger partial charge in [0.05, 0.1) is 24.3 Å². The number of aromatic amines is 1. The maximum atomic E-state index is 12.0. The molecule has 6 nitrogen and oxygen atoms in total. The van der Waals surface area contributed by atoms with Gasteiger partial charge < -0.3 is 9.88 Å². The first-order valence-corrected chi connectivity index (χ1v) is 6.45. The smallest absolute Gasteiger partial charge is 0.257 e. The standard InChI is InChI=1S/C14H15N5O/c15-14(18-13(20)10-4-2-1-3-5-10)19-7-6-11-12(8-19)17-9-16-11/h1-5,9H,6-8H2,(H,16,17)(H2,15,18,20). The zero-order valence-electron chi connectivity index (χ0n) is 10.9. The summed E-state index contributed by atoms with van der Waals surface area (Å²) in [6, 6.07) is 8.91. The summed E-state index contributed by atoms with van der Waals surface area (Å²) >= 11 is 0. The molecular formula is C14H15N5O. The normalized spacial score (nSPS) is 13.7. The van der Waals surface area contributed by atoms with Crippen molar-refractivity contribution < 1.29 is 4.79 Å². The van der Waals surface area contributed by atoms with E-state index in [1.807, 2.05) is 11.0 Å². The Morgan fingerprint density at radius 1 is 1.35 bits per heavy atom. The van der Waals surface area contributed by atoms with Crippen LogP contribution in [-0.2, 0) is 13.0 Å². The van der Waals surface area contributed by atoms with E-state index in [-0.39, 0.29) is 11.9 Å². The van der Waals surface area contributed by atoms with Crippen LogP contribution < -0.4 is 5.32 Å². The second kappa shape index (κ2) is 5.16. The minimum Gasteiger partial charge on any atom is -0.347 e. The third-order valence-corrected chi connectivity index (χ3v) is 3.36. The fourth-order valence-electron chi connectivity index (χ4n) is 2.25. The summed E-state index contributed by atoms with van der Waals surface area (Å²) in [5.41, 5.74) is 2.61. The van der Waals surface area contributed by atoms with Gasteiger partial charge in [-0.1, -0.05) is 18.2 Å². The van der Waals surface area contributed by atoms with Gasteiger partial charge in [0.15, 0.2) is 5.96 Å². The summed E-state index contributed by atoms with van der Waals surface area (Å²) in [5, 5.41) is 10.6. The van der Waals surface area contributed by atoms with Gasteiger partial charge in [0.25, 0.3) is 5.91 Å². The zero-order chi connectivity index (χ0) is 13.9. The molecule has 1 aromatic carbocycles. The second-order valence-electron chi connectivity index (χ2n) is 4.67. The van der Waals surface area contributed by atoms with E-state index in [4.69, 9.17) is 5.41 Å². The predicted octanol–water partition coefficient (Wildman–Crippen LogP) is 1.13. The quantitative estimate of drug-likeness (QED) is 0.536. The third kappa shape index (κ3) is 2.40. The minimum atomic E-state index is -0.258. The molecule has 3 N–H and O–H groups in total. The molecule has 1 aliphatic heterocycles. The molecule has 0 radical (unpaired) electrons. The average Bonchev–Trinajstić information content (AvgIpc) is 2.95. The Balaban J connectivity index is 1.65. The molecule has 0 unspecified atom stereocenters. The topological polar surface area (TPSA) is 84.9 Å². The van der Waals surface area contributed by atoms with Gasteiger partial charge in [0.2, 0.25) is 0 Å². The van der Waals surface area contributed by atoms with Crippen LogP contribution in [0.25, 0.3) is 0 Å². The van der Waals surface area contributed by atoms with E-state index < -0.39 is 0 Å². The number of nitrogens with one attached hydrogen (secondary N) is 3. The first kappa shape index (κ1) is 12.4. The highest BCUT2D eigenvalue weighted by molar-refractivity contribution is 6.04. The van der Waals surface area contributed by atoms with Crippen LogP contribution in [0.2, 0.25) is 0 Å². The molecule has 2 heterocycles. The van der Waals surface area contributed by atoms with Crippen LogP contribution in [-0.4, -0.2) is 33.3 Å². The lowest BCUT2D eigenvalue weighted by atomic mass is 10.1. The molecule has 1 amide bonds. The summed E-state index contributed by atoms with van der Waals surface area (Å²) in [7, 11) is 0. The maximum Gasteiger partial charge on any atom is 0.257 e. The predicted molar refractivity (Wildman–Crippen MR) is 74.3 cm³/mol. The van der Waals surface area contributed by atoms with Crippen LogP contribution in [0, 0.1) is 5.41 Å². The summed E-state index contributed by atoms with van der Waals surface area (Å²) in [6.45, 7) is 1.26. The summed E-state index contributed by atoms with van der Waals surface area (Å²) < 4.78 is 0. The summed E-state index contributed by atoms with van der Waals surface area (Å²) in [4.78, 5) is 21.1. The van der Waals surface area contributed by atoms with Gasteiger partial charge in [-0.2, -0.15) is 0 Å². The Bertz CT molecular complexity index is 634. The second-order valence-corrected chi connectivity index (χ2v) is 4.67. The number of nitrogens with zero attached hydrogens (tertiary/aromatic N) is 2. The fourth-order valence-corrected chi connectivity index (χ4v) is 2.25. The molecule has 0 aliphatic carbocycles. The monoisotopic (exact) mass is 269 g/mol. The van der Waals surface area contributed by atoms with Gasteiger partial charge in [0.1, 0.15) is 0 Å². The first-order chi connectivity index (χ1) is 9.74. The third-order valence-electron chi connectivity index (χ3n) is 3.36. The Morgan fingerprint density at radius 3 is 2.95 bits per heavy atom. The summed E-state index contributed by atoms with van der Waals surface area (Å²) in [5.74, 6) is -0.134. The largest absolute Gasteiger partial charge is 0.347 e. The van der Waals surface area contributed by atoms with E-state index in [2.05, 4.69) is 15.3 Å². The van der Waals surface area contributed by atoms with Crippen molar-refractivity contribution in [3.8, 4) is 0 Å². The van der Waals surface area contributed by atoms with E-state index in [1.54, 1.807) is 30.6 Å². The highest BCUT2D eigenvalue weighted by Gasteiger charge is 2.21. The number of benzene rings is 1. The van der Waals surface area contributed by atoms with Gasteiger partial charge >= 0.3 is 0 Å². The minimum absolute atomic E-state index is 0.124. The lowest BCUT2D eigenvalue weighted by Crippen LogP contribution is -2.45. The number of fused-ring (bicyclic) bond motifs is 1. The molecule has 3 rings (SSSR count). The van der Waals surface area contributed by atoms with Crippen molar-refractivity contribution in [1.82, 2.24) is 20.2 Å². The van der Waals surface area contributed by atoms with Gasteiger partial charge in [-0.15, -0.1) is 0 Å². The van der Waals surface area contributed by atoms with Crippen molar-refractivity contribution in [2.75, 3.05) is 6.54 Å². The highest BCUT2D eigenvalue weighted by Crippen LogP contribution is 2.14. The number of imidazole rings is 1. The van der Waals surface area contributed by atoms with Crippen molar-refractivity contribution in [2.45, 2.75) is 13.0 Å². The van der Waals surface area contributed by atoms with Gasteiger partial charge in [-0.05, 0) is 12.1 Å². The lowest BCUT2D eigenvalue weighted by Gasteiger charge is -2.28. The van der Waals surface area contributed by atoms with Crippen molar-refractivity contribution in [3.05, 3.63) is 53.6 Å². The van der Waals surface area contributed by atoms with Gasteiger partial charge in [0, 0.05) is 18.5 Å². The number of hydrogen-bond acceptors (Lipinski definition) is 3. The number of rotatable bonds is 1. The molecule has 0 spiro atoms. The van der Waals surface area contributed by atoms with Gasteiger partial charge in [-0.25, -0.2) is 4.98 Å². The highest BCUT2D eigenvalue weighted by atomic mass is 16.1. The Labute approximate surface area is 116 Å². The molecule has 2 aromatic rings. The number of amides is 1. The SMILES string of the molecule is N=C(NC(=O)c1ccccc1)N1CCc2nc[nH]c2C1. The summed E-state index contributed by atoms with van der Waals surface area (Å²) in [6.07, 6.45) is 2.45. The number of H-pyrrole nitrogens is 1. The molecule has 0 bridgehead atoms. The molecule has 20 heavy (non-hydrogen) atoms. The van der Waals surface area contributed by atoms with Crippen molar-refractivity contribution in [3.63, 3.8) is 0 Å². The fraction of sp³-hybridized carbons (Fsp3) is 0.214. The van der Waals surface area contributed by atoms with Gasteiger partial charge in [-0.3, -0.25) is 15.5 Å². The number of guanidine groups is 1. The van der Waals surface area contributed by atoms with Crippen molar-refractivity contribution in [2.24, 2.45) is 0 Å². The number of carbonyl (C=O) groups excluding carboxylic acids is 1. The molecule has 1 aromatic heterocycles. The van der Waals surface area contributed by atoms with E-state index in [9.17, 15) is 4.79 Å². The van der Waals surface area contributed by atoms with Crippen LogP contribution in [0.4, 0.5) is 0 Å². The van der Waals surface area contributed by atoms with E-state index >= 15 is 0 Å². The number of hydrogen-bond donors (Lipinski definition) is 3. The average molecular weight is 269 g/mol. The molecule has 102 valence electrons. The molecule has 0 saturated carbocycles. The number of carbonyl (C=O) groups is 1. The van der Waals surface area contributed by atoms with Crippen molar-refractivity contribution >= 4 is 11.9 Å². The van der Waals surface area contributed by atoms with E-state index in [0.29, 0.717) is 18.7 Å². The molecule has 6 heteroatoms. The maximum absolute atomic E-state index is 12.0. The number of aromatic nitrogens is 2. The van der Waals surface area contributed by atoms with Crippen LogP contribution >= 0.6 is 0 Å². The first-order valence-electron chi connectivity index (χ1n) is 6.45. The van der Waals surface area contributed by atoms with Crippen LogP contribution in [0.3, 0.4) is 0 Å².